The molecule has 0 radical (unpaired) electrons. The Hall–Kier alpha value is -1.08. The van der Waals surface area contributed by atoms with Crippen molar-refractivity contribution in [3.8, 4) is 0 Å². The minimum absolute atomic E-state index is 0.170. The summed E-state index contributed by atoms with van der Waals surface area (Å²) in [5, 5.41) is 0. The molecule has 2 aromatic rings. The zero-order chi connectivity index (χ0) is 19.9. The van der Waals surface area contributed by atoms with E-state index in [1.54, 1.807) is 24.3 Å². The number of piperidine rings is 1. The molecule has 1 aliphatic rings. The predicted octanol–water partition coefficient (Wildman–Crippen LogP) is 7.01. The van der Waals surface area contributed by atoms with Crippen LogP contribution in [0.4, 0.5) is 7.77 Å². The first-order valence-electron chi connectivity index (χ1n) is 9.77. The third-order valence-electron chi connectivity index (χ3n) is 5.46. The topological polar surface area (TPSA) is 12.5 Å². The summed E-state index contributed by atoms with van der Waals surface area (Å²) >= 11 is 0.482. The van der Waals surface area contributed by atoms with Gasteiger partial charge in [-0.1, -0.05) is 37.6 Å². The van der Waals surface area contributed by atoms with Crippen LogP contribution in [0.15, 0.2) is 58.3 Å². The van der Waals surface area contributed by atoms with E-state index in [1.165, 1.54) is 6.42 Å². The van der Waals surface area contributed by atoms with Crippen molar-refractivity contribution in [2.45, 2.75) is 60.6 Å². The highest BCUT2D eigenvalue weighted by molar-refractivity contribution is 7.94. The van der Waals surface area contributed by atoms with Crippen molar-refractivity contribution in [2.24, 2.45) is 0 Å². The van der Waals surface area contributed by atoms with Crippen molar-refractivity contribution in [1.29, 1.82) is 0 Å². The second-order valence-corrected chi connectivity index (χ2v) is 8.63. The maximum absolute atomic E-state index is 12.8. The first-order chi connectivity index (χ1) is 13.6. The molecule has 0 saturated carbocycles. The maximum Gasteiger partial charge on any atom is 0.108 e. The first-order valence-corrected chi connectivity index (χ1v) is 11.2. The normalized spacial score (nSPS) is 20.6. The van der Waals surface area contributed by atoms with Crippen LogP contribution in [0.5, 0.6) is 0 Å². The number of halogens is 2. The SMILES string of the molecule is CCC[C@@H]1CC(OC(c2ccc(SF)cc2)c2ccc(SF)cc2)CCN1C. The second kappa shape index (κ2) is 10.6. The van der Waals surface area contributed by atoms with Gasteiger partial charge in [-0.05, 0) is 61.7 Å². The van der Waals surface area contributed by atoms with Crippen molar-refractivity contribution in [2.75, 3.05) is 13.6 Å². The lowest BCUT2D eigenvalue weighted by Gasteiger charge is -2.38. The fourth-order valence-electron chi connectivity index (χ4n) is 3.86. The molecular formula is C22H27F2NOS2. The van der Waals surface area contributed by atoms with E-state index >= 15 is 0 Å². The number of ether oxygens (including phenoxy) is 1. The summed E-state index contributed by atoms with van der Waals surface area (Å²) in [6, 6.07) is 15.3. The van der Waals surface area contributed by atoms with Crippen LogP contribution < -0.4 is 0 Å². The Morgan fingerprint density at radius 2 is 1.54 bits per heavy atom. The van der Waals surface area contributed by atoms with Crippen LogP contribution >= 0.6 is 24.3 Å². The molecule has 0 N–H and O–H groups in total. The van der Waals surface area contributed by atoms with Crippen LogP contribution in [-0.2, 0) is 4.74 Å². The Balaban J connectivity index is 1.82. The molecule has 1 unspecified atom stereocenters. The lowest BCUT2D eigenvalue weighted by atomic mass is 9.95. The number of benzene rings is 2. The van der Waals surface area contributed by atoms with Crippen molar-refractivity contribution < 1.29 is 12.5 Å². The van der Waals surface area contributed by atoms with Crippen molar-refractivity contribution in [3.05, 3.63) is 59.7 Å². The van der Waals surface area contributed by atoms with Gasteiger partial charge in [0.15, 0.2) is 0 Å². The van der Waals surface area contributed by atoms with E-state index in [2.05, 4.69) is 18.9 Å². The number of likely N-dealkylation sites (tertiary alicyclic amines) is 1. The zero-order valence-electron chi connectivity index (χ0n) is 16.3. The van der Waals surface area contributed by atoms with E-state index in [-0.39, 0.29) is 36.5 Å². The van der Waals surface area contributed by atoms with Gasteiger partial charge in [-0.25, -0.2) is 0 Å². The zero-order valence-corrected chi connectivity index (χ0v) is 17.9. The van der Waals surface area contributed by atoms with E-state index < -0.39 is 0 Å². The molecule has 3 rings (SSSR count). The third-order valence-corrected chi connectivity index (χ3v) is 6.36. The minimum atomic E-state index is -0.243. The predicted molar refractivity (Wildman–Crippen MR) is 114 cm³/mol. The average molecular weight is 424 g/mol. The molecule has 0 amide bonds. The van der Waals surface area contributed by atoms with Crippen LogP contribution in [0, 0.1) is 0 Å². The van der Waals surface area contributed by atoms with Crippen LogP contribution in [0.1, 0.15) is 49.8 Å². The van der Waals surface area contributed by atoms with Gasteiger partial charge in [-0.3, -0.25) is 0 Å². The van der Waals surface area contributed by atoms with Gasteiger partial charge in [-0.2, -0.15) is 7.77 Å². The molecule has 28 heavy (non-hydrogen) atoms. The largest absolute Gasteiger partial charge is 0.365 e. The van der Waals surface area contributed by atoms with Crippen LogP contribution in [-0.4, -0.2) is 30.6 Å². The van der Waals surface area contributed by atoms with Gasteiger partial charge in [0.05, 0.1) is 30.4 Å². The number of hydrogen-bond acceptors (Lipinski definition) is 4. The molecule has 0 aliphatic carbocycles. The highest BCUT2D eigenvalue weighted by Gasteiger charge is 2.29. The summed E-state index contributed by atoms with van der Waals surface area (Å²) in [5.41, 5.74) is 1.98. The lowest BCUT2D eigenvalue weighted by Crippen LogP contribution is -2.42. The van der Waals surface area contributed by atoms with Crippen molar-refractivity contribution >= 4 is 24.3 Å². The molecule has 2 atom stereocenters. The summed E-state index contributed by atoms with van der Waals surface area (Å²) in [6.45, 7) is 3.24. The molecule has 1 heterocycles. The maximum atomic E-state index is 12.8. The Bertz CT molecular complexity index is 679. The molecule has 1 fully saturated rings. The van der Waals surface area contributed by atoms with E-state index in [9.17, 15) is 7.77 Å². The quantitative estimate of drug-likeness (QED) is 0.452. The molecule has 2 nitrogen and oxygen atoms in total. The van der Waals surface area contributed by atoms with Crippen LogP contribution in [0.25, 0.3) is 0 Å². The highest BCUT2D eigenvalue weighted by Crippen LogP contribution is 2.34. The molecule has 1 aliphatic heterocycles. The Morgan fingerprint density at radius 3 is 2.00 bits per heavy atom. The molecule has 6 heteroatoms. The number of rotatable bonds is 8. The monoisotopic (exact) mass is 423 g/mol. The first kappa shape index (κ1) is 21.6. The van der Waals surface area contributed by atoms with E-state index in [0.29, 0.717) is 15.8 Å². The number of nitrogens with zero attached hydrogens (tertiary/aromatic N) is 1. The molecule has 152 valence electrons. The third kappa shape index (κ3) is 5.50. The van der Waals surface area contributed by atoms with Crippen molar-refractivity contribution in [3.63, 3.8) is 0 Å². The molecule has 0 bridgehead atoms. The summed E-state index contributed by atoms with van der Waals surface area (Å²) in [4.78, 5) is 3.58. The van der Waals surface area contributed by atoms with Gasteiger partial charge in [0.25, 0.3) is 0 Å². The van der Waals surface area contributed by atoms with Crippen LogP contribution in [0.2, 0.25) is 0 Å². The van der Waals surface area contributed by atoms with Gasteiger partial charge < -0.3 is 9.64 Å². The van der Waals surface area contributed by atoms with Gasteiger partial charge in [-0.15, -0.1) is 0 Å². The van der Waals surface area contributed by atoms with E-state index in [4.69, 9.17) is 4.74 Å². The molecular weight excluding hydrogens is 396 g/mol. The summed E-state index contributed by atoms with van der Waals surface area (Å²) in [5.74, 6) is 0. The molecule has 1 saturated heterocycles. The summed E-state index contributed by atoms with van der Waals surface area (Å²) < 4.78 is 32.3. The highest BCUT2D eigenvalue weighted by atomic mass is 32.2. The smallest absolute Gasteiger partial charge is 0.108 e. The van der Waals surface area contributed by atoms with Gasteiger partial charge in [0.2, 0.25) is 0 Å². The second-order valence-electron chi connectivity index (χ2n) is 7.38. The van der Waals surface area contributed by atoms with Gasteiger partial charge >= 0.3 is 0 Å². The van der Waals surface area contributed by atoms with Crippen LogP contribution in [0.3, 0.4) is 0 Å². The number of hydrogen-bond donors (Lipinski definition) is 0. The Labute approximate surface area is 175 Å². The lowest BCUT2D eigenvalue weighted by molar-refractivity contribution is -0.0408. The van der Waals surface area contributed by atoms with Gasteiger partial charge in [0, 0.05) is 22.4 Å². The Kier molecular flexibility index (Phi) is 8.21. The van der Waals surface area contributed by atoms with Gasteiger partial charge in [0.1, 0.15) is 6.10 Å². The fourth-order valence-corrected chi connectivity index (χ4v) is 4.33. The molecule has 2 aromatic carbocycles. The Morgan fingerprint density at radius 1 is 1.00 bits per heavy atom. The molecule has 0 spiro atoms. The molecule has 0 aromatic heterocycles. The summed E-state index contributed by atoms with van der Waals surface area (Å²) in [7, 11) is 2.19. The minimum Gasteiger partial charge on any atom is -0.365 e. The summed E-state index contributed by atoms with van der Waals surface area (Å²) in [6.07, 6.45) is 4.26. The average Bonchev–Trinajstić information content (AvgIpc) is 2.74. The van der Waals surface area contributed by atoms with Crippen molar-refractivity contribution in [1.82, 2.24) is 4.90 Å². The standard InChI is InChI=1S/C22H27F2NOS2/c1-3-4-18-15-19(13-14-25(18)2)26-22(16-5-9-20(27-23)10-6-16)17-7-11-21(28-24)12-8-17/h5-12,18-19,22H,3-4,13-15H2,1-2H3/t18-,19?/m1/s1. The van der Waals surface area contributed by atoms with E-state index in [1.807, 2.05) is 24.3 Å². The van der Waals surface area contributed by atoms with E-state index in [0.717, 1.165) is 36.9 Å². The fraction of sp³-hybridized carbons (Fsp3) is 0.455.